The van der Waals surface area contributed by atoms with Crippen molar-refractivity contribution in [2.24, 2.45) is 5.92 Å². The predicted octanol–water partition coefficient (Wildman–Crippen LogP) is 2.80. The minimum absolute atomic E-state index is 0.0175. The quantitative estimate of drug-likeness (QED) is 0.891. The molecule has 0 unspecified atom stereocenters. The Morgan fingerprint density at radius 3 is 3.00 bits per heavy atom. The van der Waals surface area contributed by atoms with Gasteiger partial charge in [0.05, 0.1) is 11.3 Å². The second-order valence-electron chi connectivity index (χ2n) is 5.67. The van der Waals surface area contributed by atoms with E-state index in [0.29, 0.717) is 23.8 Å². The standard InChI is InChI=1S/C16H22N2O2/c19-16(18-11-12-5-2-1-3-6-12)13-7-4-8-14-15(13)20-10-9-17-14/h4,7-8,12,17H,1-3,5-6,9-11H2,(H,18,19). The van der Waals surface area contributed by atoms with Crippen LogP contribution in [-0.2, 0) is 0 Å². The highest BCUT2D eigenvalue weighted by Gasteiger charge is 2.20. The molecular formula is C16H22N2O2. The molecule has 1 aliphatic heterocycles. The zero-order valence-electron chi connectivity index (χ0n) is 11.8. The molecule has 1 fully saturated rings. The van der Waals surface area contributed by atoms with Gasteiger partial charge in [0.25, 0.3) is 5.91 Å². The van der Waals surface area contributed by atoms with Crippen LogP contribution in [0, 0.1) is 5.92 Å². The largest absolute Gasteiger partial charge is 0.489 e. The van der Waals surface area contributed by atoms with Crippen LogP contribution >= 0.6 is 0 Å². The third-order valence-electron chi connectivity index (χ3n) is 4.20. The Kier molecular flexibility index (Phi) is 4.09. The van der Waals surface area contributed by atoms with E-state index in [-0.39, 0.29) is 5.91 Å². The Labute approximate surface area is 119 Å². The Bertz CT molecular complexity index is 481. The van der Waals surface area contributed by atoms with Gasteiger partial charge < -0.3 is 15.4 Å². The van der Waals surface area contributed by atoms with Gasteiger partial charge in [-0.3, -0.25) is 4.79 Å². The molecule has 1 saturated carbocycles. The first-order chi connectivity index (χ1) is 9.84. The molecule has 2 N–H and O–H groups in total. The normalized spacial score (nSPS) is 18.6. The summed E-state index contributed by atoms with van der Waals surface area (Å²) < 4.78 is 5.64. The molecule has 1 aromatic rings. The van der Waals surface area contributed by atoms with Crippen LogP contribution in [0.4, 0.5) is 5.69 Å². The predicted molar refractivity (Wildman–Crippen MR) is 79.3 cm³/mol. The molecule has 0 saturated heterocycles. The van der Waals surface area contributed by atoms with Gasteiger partial charge in [0.1, 0.15) is 6.61 Å². The third-order valence-corrected chi connectivity index (χ3v) is 4.20. The first kappa shape index (κ1) is 13.3. The number of para-hydroxylation sites is 1. The minimum atomic E-state index is -0.0175. The smallest absolute Gasteiger partial charge is 0.255 e. The van der Waals surface area contributed by atoms with Gasteiger partial charge in [0.2, 0.25) is 0 Å². The Balaban J connectivity index is 1.64. The van der Waals surface area contributed by atoms with Crippen LogP contribution in [0.5, 0.6) is 5.75 Å². The van der Waals surface area contributed by atoms with Gasteiger partial charge in [0.15, 0.2) is 5.75 Å². The summed E-state index contributed by atoms with van der Waals surface area (Å²) in [6.07, 6.45) is 6.43. The monoisotopic (exact) mass is 274 g/mol. The van der Waals surface area contributed by atoms with E-state index < -0.39 is 0 Å². The summed E-state index contributed by atoms with van der Waals surface area (Å²) in [5.74, 6) is 1.32. The molecule has 4 nitrogen and oxygen atoms in total. The van der Waals surface area contributed by atoms with Crippen molar-refractivity contribution in [3.63, 3.8) is 0 Å². The van der Waals surface area contributed by atoms with Crippen molar-refractivity contribution < 1.29 is 9.53 Å². The SMILES string of the molecule is O=C(NCC1CCCCC1)c1cccc2c1OCCN2. The van der Waals surface area contributed by atoms with Crippen LogP contribution in [0.15, 0.2) is 18.2 Å². The molecule has 1 aromatic carbocycles. The lowest BCUT2D eigenvalue weighted by molar-refractivity contribution is 0.0939. The van der Waals surface area contributed by atoms with Gasteiger partial charge >= 0.3 is 0 Å². The maximum Gasteiger partial charge on any atom is 0.255 e. The van der Waals surface area contributed by atoms with Gasteiger partial charge in [-0.05, 0) is 30.9 Å². The first-order valence-corrected chi connectivity index (χ1v) is 7.62. The number of hydrogen-bond acceptors (Lipinski definition) is 3. The van der Waals surface area contributed by atoms with Crippen molar-refractivity contribution in [2.75, 3.05) is 25.0 Å². The fraction of sp³-hybridized carbons (Fsp3) is 0.562. The number of nitrogens with one attached hydrogen (secondary N) is 2. The van der Waals surface area contributed by atoms with Crippen molar-refractivity contribution in [1.82, 2.24) is 5.32 Å². The molecule has 1 amide bonds. The zero-order valence-corrected chi connectivity index (χ0v) is 11.8. The van der Waals surface area contributed by atoms with Gasteiger partial charge in [-0.15, -0.1) is 0 Å². The number of anilines is 1. The van der Waals surface area contributed by atoms with E-state index in [2.05, 4.69) is 10.6 Å². The molecule has 0 spiro atoms. The molecule has 108 valence electrons. The molecule has 0 bridgehead atoms. The maximum atomic E-state index is 12.3. The molecule has 0 aromatic heterocycles. The van der Waals surface area contributed by atoms with Gasteiger partial charge in [-0.25, -0.2) is 0 Å². The van der Waals surface area contributed by atoms with E-state index in [0.717, 1.165) is 18.8 Å². The number of carbonyl (C=O) groups excluding carboxylic acids is 1. The number of carbonyl (C=O) groups is 1. The summed E-state index contributed by atoms with van der Waals surface area (Å²) in [6.45, 7) is 2.19. The highest BCUT2D eigenvalue weighted by molar-refractivity contribution is 5.98. The summed E-state index contributed by atoms with van der Waals surface area (Å²) in [5.41, 5.74) is 1.56. The number of rotatable bonds is 3. The molecule has 0 atom stereocenters. The maximum absolute atomic E-state index is 12.3. The lowest BCUT2D eigenvalue weighted by Gasteiger charge is -2.23. The van der Waals surface area contributed by atoms with E-state index in [9.17, 15) is 4.79 Å². The Hall–Kier alpha value is -1.71. The summed E-state index contributed by atoms with van der Waals surface area (Å²) in [6, 6.07) is 5.69. The lowest BCUT2D eigenvalue weighted by Crippen LogP contribution is -2.31. The minimum Gasteiger partial charge on any atom is -0.489 e. The second kappa shape index (κ2) is 6.16. The van der Waals surface area contributed by atoms with E-state index in [4.69, 9.17) is 4.74 Å². The average molecular weight is 274 g/mol. The zero-order chi connectivity index (χ0) is 13.8. The van der Waals surface area contributed by atoms with Crippen molar-refractivity contribution in [2.45, 2.75) is 32.1 Å². The Morgan fingerprint density at radius 2 is 2.15 bits per heavy atom. The van der Waals surface area contributed by atoms with E-state index in [1.807, 2.05) is 18.2 Å². The molecule has 4 heteroatoms. The topological polar surface area (TPSA) is 50.4 Å². The second-order valence-corrected chi connectivity index (χ2v) is 5.67. The number of amides is 1. The highest BCUT2D eigenvalue weighted by atomic mass is 16.5. The number of fused-ring (bicyclic) bond motifs is 1. The lowest BCUT2D eigenvalue weighted by atomic mass is 9.89. The number of benzene rings is 1. The van der Waals surface area contributed by atoms with Crippen molar-refractivity contribution >= 4 is 11.6 Å². The van der Waals surface area contributed by atoms with E-state index in [1.165, 1.54) is 32.1 Å². The van der Waals surface area contributed by atoms with Gasteiger partial charge in [-0.1, -0.05) is 25.3 Å². The molecule has 2 aliphatic rings. The van der Waals surface area contributed by atoms with Crippen LogP contribution in [0.2, 0.25) is 0 Å². The van der Waals surface area contributed by atoms with Crippen molar-refractivity contribution in [3.05, 3.63) is 23.8 Å². The molecule has 1 aliphatic carbocycles. The average Bonchev–Trinajstić information content (AvgIpc) is 2.53. The summed E-state index contributed by atoms with van der Waals surface area (Å²) in [7, 11) is 0. The van der Waals surface area contributed by atoms with Crippen LogP contribution in [0.3, 0.4) is 0 Å². The fourth-order valence-electron chi connectivity index (χ4n) is 3.07. The van der Waals surface area contributed by atoms with Crippen LogP contribution in [0.25, 0.3) is 0 Å². The Morgan fingerprint density at radius 1 is 1.30 bits per heavy atom. The van der Waals surface area contributed by atoms with E-state index in [1.54, 1.807) is 0 Å². The summed E-state index contributed by atoms with van der Waals surface area (Å²) in [4.78, 5) is 12.3. The van der Waals surface area contributed by atoms with Crippen LogP contribution < -0.4 is 15.4 Å². The fourth-order valence-corrected chi connectivity index (χ4v) is 3.07. The molecule has 20 heavy (non-hydrogen) atoms. The molecule has 3 rings (SSSR count). The highest BCUT2D eigenvalue weighted by Crippen LogP contribution is 2.31. The molecular weight excluding hydrogens is 252 g/mol. The third kappa shape index (κ3) is 2.89. The van der Waals surface area contributed by atoms with Gasteiger partial charge in [-0.2, -0.15) is 0 Å². The van der Waals surface area contributed by atoms with Crippen LogP contribution in [0.1, 0.15) is 42.5 Å². The van der Waals surface area contributed by atoms with Gasteiger partial charge in [0, 0.05) is 13.1 Å². The van der Waals surface area contributed by atoms with Crippen molar-refractivity contribution in [3.8, 4) is 5.75 Å². The number of hydrogen-bond donors (Lipinski definition) is 2. The first-order valence-electron chi connectivity index (χ1n) is 7.62. The summed E-state index contributed by atoms with van der Waals surface area (Å²) in [5, 5.41) is 6.33. The van der Waals surface area contributed by atoms with E-state index >= 15 is 0 Å². The number of ether oxygens (including phenoxy) is 1. The van der Waals surface area contributed by atoms with Crippen LogP contribution in [-0.4, -0.2) is 25.6 Å². The molecule has 1 heterocycles. The molecule has 0 radical (unpaired) electrons. The summed E-state index contributed by atoms with van der Waals surface area (Å²) >= 11 is 0. The van der Waals surface area contributed by atoms with Crippen molar-refractivity contribution in [1.29, 1.82) is 0 Å².